The van der Waals surface area contributed by atoms with Crippen molar-refractivity contribution >= 4 is 5.91 Å². The highest BCUT2D eigenvalue weighted by molar-refractivity contribution is 5.94. The van der Waals surface area contributed by atoms with E-state index in [4.69, 9.17) is 0 Å². The lowest BCUT2D eigenvalue weighted by molar-refractivity contribution is 0.0931. The summed E-state index contributed by atoms with van der Waals surface area (Å²) in [7, 11) is 0. The Morgan fingerprint density at radius 3 is 2.35 bits per heavy atom. The number of aromatic nitrogens is 2. The van der Waals surface area contributed by atoms with Gasteiger partial charge in [-0.15, -0.1) is 0 Å². The fraction of sp³-hybridized carbons (Fsp3) is 0.320. The minimum absolute atomic E-state index is 0.0835. The SMILES string of the molecule is O=C(NC1CCCCCC1)c1cc(-c2ccccc2)nn(Cc2ccc(F)cc2)c1=O. The minimum atomic E-state index is -0.449. The second kappa shape index (κ2) is 9.69. The molecule has 0 aliphatic heterocycles. The highest BCUT2D eigenvalue weighted by atomic mass is 19.1. The van der Waals surface area contributed by atoms with E-state index < -0.39 is 5.56 Å². The lowest BCUT2D eigenvalue weighted by Crippen LogP contribution is -2.39. The summed E-state index contributed by atoms with van der Waals surface area (Å²) in [6.45, 7) is 0.156. The maximum absolute atomic E-state index is 13.3. The lowest BCUT2D eigenvalue weighted by Gasteiger charge is -2.17. The number of halogens is 1. The molecule has 4 rings (SSSR count). The Bertz CT molecular complexity index is 1090. The summed E-state index contributed by atoms with van der Waals surface area (Å²) in [6, 6.07) is 17.0. The maximum Gasteiger partial charge on any atom is 0.279 e. The van der Waals surface area contributed by atoms with Crippen molar-refractivity contribution in [1.29, 1.82) is 0 Å². The molecule has 1 aliphatic carbocycles. The van der Waals surface area contributed by atoms with Crippen LogP contribution in [0.1, 0.15) is 54.4 Å². The van der Waals surface area contributed by atoms with Gasteiger partial charge in [0.1, 0.15) is 11.4 Å². The predicted octanol–water partition coefficient (Wildman–Crippen LogP) is 4.55. The van der Waals surface area contributed by atoms with Crippen LogP contribution in [0.3, 0.4) is 0 Å². The molecule has 0 bridgehead atoms. The summed E-state index contributed by atoms with van der Waals surface area (Å²) in [6.07, 6.45) is 6.42. The second-order valence-electron chi connectivity index (χ2n) is 8.06. The van der Waals surface area contributed by atoms with Crippen LogP contribution in [0.25, 0.3) is 11.3 Å². The first-order chi connectivity index (χ1) is 15.1. The van der Waals surface area contributed by atoms with Crippen molar-refractivity contribution in [3.63, 3.8) is 0 Å². The van der Waals surface area contributed by atoms with Crippen molar-refractivity contribution in [2.45, 2.75) is 51.1 Å². The van der Waals surface area contributed by atoms with Gasteiger partial charge in [-0.25, -0.2) is 9.07 Å². The maximum atomic E-state index is 13.3. The van der Waals surface area contributed by atoms with E-state index in [0.717, 1.165) is 36.8 Å². The largest absolute Gasteiger partial charge is 0.349 e. The van der Waals surface area contributed by atoms with E-state index in [9.17, 15) is 14.0 Å². The average Bonchev–Trinajstić information content (AvgIpc) is 3.06. The summed E-state index contributed by atoms with van der Waals surface area (Å²) in [5, 5.41) is 7.56. The summed E-state index contributed by atoms with van der Waals surface area (Å²) in [5.41, 5.74) is 1.74. The molecular formula is C25H26FN3O2. The van der Waals surface area contributed by atoms with Crippen LogP contribution in [0.5, 0.6) is 0 Å². The molecule has 1 N–H and O–H groups in total. The summed E-state index contributed by atoms with van der Waals surface area (Å²) in [4.78, 5) is 26.2. The van der Waals surface area contributed by atoms with E-state index in [1.165, 1.54) is 29.7 Å². The standard InChI is InChI=1S/C25H26FN3O2/c26-20-14-12-18(13-15-20)17-29-25(31)22(16-23(28-29)19-8-4-3-5-9-19)24(30)27-21-10-6-1-2-7-11-21/h3-5,8-9,12-16,21H,1-2,6-7,10-11,17H2,(H,27,30). The highest BCUT2D eigenvalue weighted by Crippen LogP contribution is 2.19. The molecule has 2 aromatic carbocycles. The number of hydrogen-bond donors (Lipinski definition) is 1. The topological polar surface area (TPSA) is 64.0 Å². The van der Waals surface area contributed by atoms with Crippen LogP contribution >= 0.6 is 0 Å². The molecule has 0 saturated heterocycles. The first kappa shape index (κ1) is 21.0. The predicted molar refractivity (Wildman–Crippen MR) is 118 cm³/mol. The summed E-state index contributed by atoms with van der Waals surface area (Å²) < 4.78 is 14.6. The molecule has 5 nitrogen and oxygen atoms in total. The van der Waals surface area contributed by atoms with Gasteiger partial charge in [-0.1, -0.05) is 68.1 Å². The van der Waals surface area contributed by atoms with Crippen LogP contribution in [0.2, 0.25) is 0 Å². The quantitative estimate of drug-likeness (QED) is 0.617. The van der Waals surface area contributed by atoms with Gasteiger partial charge in [-0.05, 0) is 36.6 Å². The fourth-order valence-electron chi connectivity index (χ4n) is 4.01. The monoisotopic (exact) mass is 419 g/mol. The second-order valence-corrected chi connectivity index (χ2v) is 8.06. The van der Waals surface area contributed by atoms with Gasteiger partial charge >= 0.3 is 0 Å². The van der Waals surface area contributed by atoms with Crippen molar-refractivity contribution < 1.29 is 9.18 Å². The number of rotatable bonds is 5. The molecule has 3 aromatic rings. The van der Waals surface area contributed by atoms with Crippen molar-refractivity contribution in [3.8, 4) is 11.3 Å². The third-order valence-corrected chi connectivity index (χ3v) is 5.72. The fourth-order valence-corrected chi connectivity index (χ4v) is 4.01. The zero-order valence-corrected chi connectivity index (χ0v) is 17.4. The molecule has 6 heteroatoms. The Morgan fingerprint density at radius 2 is 1.68 bits per heavy atom. The third-order valence-electron chi connectivity index (χ3n) is 5.72. The first-order valence-electron chi connectivity index (χ1n) is 10.8. The molecule has 0 unspecified atom stereocenters. The number of nitrogens with zero attached hydrogens (tertiary/aromatic N) is 2. The number of carbonyl (C=O) groups is 1. The Kier molecular flexibility index (Phi) is 6.55. The lowest BCUT2D eigenvalue weighted by atomic mass is 10.1. The van der Waals surface area contributed by atoms with Gasteiger partial charge in [0, 0.05) is 11.6 Å². The van der Waals surface area contributed by atoms with Crippen molar-refractivity contribution in [2.24, 2.45) is 0 Å². The van der Waals surface area contributed by atoms with E-state index in [2.05, 4.69) is 10.4 Å². The minimum Gasteiger partial charge on any atom is -0.349 e. The third kappa shape index (κ3) is 5.26. The zero-order chi connectivity index (χ0) is 21.6. The van der Waals surface area contributed by atoms with E-state index in [1.54, 1.807) is 18.2 Å². The van der Waals surface area contributed by atoms with Crippen molar-refractivity contribution in [1.82, 2.24) is 15.1 Å². The Hall–Kier alpha value is -3.28. The molecule has 0 spiro atoms. The normalized spacial score (nSPS) is 14.7. The Morgan fingerprint density at radius 1 is 1.00 bits per heavy atom. The van der Waals surface area contributed by atoms with Crippen LogP contribution in [-0.4, -0.2) is 21.7 Å². The van der Waals surface area contributed by atoms with Gasteiger partial charge in [-0.2, -0.15) is 5.10 Å². The average molecular weight is 420 g/mol. The van der Waals surface area contributed by atoms with Gasteiger partial charge in [-0.3, -0.25) is 9.59 Å². The summed E-state index contributed by atoms with van der Waals surface area (Å²) in [5.74, 6) is -0.699. The van der Waals surface area contributed by atoms with E-state index in [0.29, 0.717) is 5.69 Å². The molecule has 1 saturated carbocycles. The number of carbonyl (C=O) groups excluding carboxylic acids is 1. The van der Waals surface area contributed by atoms with Crippen LogP contribution in [-0.2, 0) is 6.54 Å². The molecule has 160 valence electrons. The van der Waals surface area contributed by atoms with Gasteiger partial charge < -0.3 is 5.32 Å². The van der Waals surface area contributed by atoms with Gasteiger partial charge in [0.15, 0.2) is 0 Å². The molecule has 1 heterocycles. The van der Waals surface area contributed by atoms with Gasteiger partial charge in [0.05, 0.1) is 12.2 Å². The number of nitrogens with one attached hydrogen (secondary N) is 1. The molecule has 31 heavy (non-hydrogen) atoms. The van der Waals surface area contributed by atoms with Gasteiger partial charge in [0.2, 0.25) is 0 Å². The Labute approximate surface area is 180 Å². The molecule has 0 atom stereocenters. The van der Waals surface area contributed by atoms with Gasteiger partial charge in [0.25, 0.3) is 11.5 Å². The number of hydrogen-bond acceptors (Lipinski definition) is 3. The van der Waals surface area contributed by atoms with Crippen LogP contribution < -0.4 is 10.9 Å². The number of amides is 1. The van der Waals surface area contributed by atoms with Crippen LogP contribution in [0, 0.1) is 5.82 Å². The smallest absolute Gasteiger partial charge is 0.279 e. The van der Waals surface area contributed by atoms with Crippen LogP contribution in [0.4, 0.5) is 4.39 Å². The molecule has 0 radical (unpaired) electrons. The molecule has 1 amide bonds. The molecule has 1 aliphatic rings. The van der Waals surface area contributed by atoms with Crippen LogP contribution in [0.15, 0.2) is 65.5 Å². The van der Waals surface area contributed by atoms with E-state index in [-0.39, 0.29) is 29.9 Å². The molecular weight excluding hydrogens is 393 g/mol. The molecule has 1 aromatic heterocycles. The van der Waals surface area contributed by atoms with E-state index in [1.807, 2.05) is 30.3 Å². The van der Waals surface area contributed by atoms with E-state index >= 15 is 0 Å². The highest BCUT2D eigenvalue weighted by Gasteiger charge is 2.20. The Balaban J connectivity index is 1.69. The van der Waals surface area contributed by atoms with Crippen molar-refractivity contribution in [2.75, 3.05) is 0 Å². The number of benzene rings is 2. The zero-order valence-electron chi connectivity index (χ0n) is 17.4. The van der Waals surface area contributed by atoms with Crippen molar-refractivity contribution in [3.05, 3.63) is 88.0 Å². The first-order valence-corrected chi connectivity index (χ1v) is 10.8. The summed E-state index contributed by atoms with van der Waals surface area (Å²) >= 11 is 0. The molecule has 1 fully saturated rings.